The number of methoxy groups -OCH3 is 2. The minimum atomic E-state index is -0.609. The van der Waals surface area contributed by atoms with Crippen LogP contribution in [0.2, 0.25) is 0 Å². The molecular weight excluding hydrogens is 261 g/mol. The maximum absolute atomic E-state index is 14.1. The second kappa shape index (κ2) is 8.19. The van der Waals surface area contributed by atoms with Gasteiger partial charge in [0.1, 0.15) is 11.6 Å². The Balaban J connectivity index is 2.80. The monoisotopic (exact) mass is 285 g/mol. The average molecular weight is 285 g/mol. The topological polar surface area (TPSA) is 50.7 Å². The van der Waals surface area contributed by atoms with E-state index in [1.807, 2.05) is 13.8 Å². The summed E-state index contributed by atoms with van der Waals surface area (Å²) in [5, 5.41) is 12.9. The van der Waals surface area contributed by atoms with E-state index >= 15 is 0 Å². The number of aliphatic hydroxyl groups is 1. The van der Waals surface area contributed by atoms with Crippen molar-refractivity contribution < 1.29 is 19.0 Å². The van der Waals surface area contributed by atoms with E-state index in [-0.39, 0.29) is 24.4 Å². The smallest absolute Gasteiger partial charge is 0.131 e. The minimum absolute atomic E-state index is 0.174. The van der Waals surface area contributed by atoms with Crippen LogP contribution >= 0.6 is 0 Å². The van der Waals surface area contributed by atoms with E-state index in [0.717, 1.165) is 0 Å². The minimum Gasteiger partial charge on any atom is -0.497 e. The predicted octanol–water partition coefficient (Wildman–Crippen LogP) is 2.13. The van der Waals surface area contributed by atoms with E-state index in [1.165, 1.54) is 20.3 Å². The third-order valence-corrected chi connectivity index (χ3v) is 3.14. The standard InChI is InChI=1S/C15H24FNO3/c1-10(2)15(17-8-11(18)9-19-3)13-6-5-12(20-4)7-14(13)16/h5-7,10-11,15,17-18H,8-9H2,1-4H3. The molecule has 4 nitrogen and oxygen atoms in total. The van der Waals surface area contributed by atoms with E-state index in [2.05, 4.69) is 5.32 Å². The van der Waals surface area contributed by atoms with Crippen LogP contribution < -0.4 is 10.1 Å². The zero-order chi connectivity index (χ0) is 15.1. The number of hydrogen-bond acceptors (Lipinski definition) is 4. The van der Waals surface area contributed by atoms with Crippen LogP contribution in [0.5, 0.6) is 5.75 Å². The number of halogens is 1. The number of rotatable bonds is 8. The Morgan fingerprint density at radius 3 is 2.50 bits per heavy atom. The normalized spacial score (nSPS) is 14.3. The molecule has 0 bridgehead atoms. The van der Waals surface area contributed by atoms with Gasteiger partial charge in [0.2, 0.25) is 0 Å². The molecule has 0 heterocycles. The molecule has 20 heavy (non-hydrogen) atoms. The van der Waals surface area contributed by atoms with E-state index in [4.69, 9.17) is 9.47 Å². The maximum Gasteiger partial charge on any atom is 0.131 e. The Hall–Kier alpha value is -1.17. The quantitative estimate of drug-likeness (QED) is 0.768. The number of aliphatic hydroxyl groups excluding tert-OH is 1. The van der Waals surface area contributed by atoms with Crippen molar-refractivity contribution in [3.8, 4) is 5.75 Å². The lowest BCUT2D eigenvalue weighted by Crippen LogP contribution is -2.35. The molecule has 1 aromatic rings. The molecule has 0 aliphatic heterocycles. The number of hydrogen-bond donors (Lipinski definition) is 2. The van der Waals surface area contributed by atoms with Crippen LogP contribution in [-0.2, 0) is 4.74 Å². The van der Waals surface area contributed by atoms with Crippen LogP contribution in [0, 0.1) is 11.7 Å². The lowest BCUT2D eigenvalue weighted by Gasteiger charge is -2.25. The van der Waals surface area contributed by atoms with Gasteiger partial charge in [0.25, 0.3) is 0 Å². The first-order valence-corrected chi connectivity index (χ1v) is 6.73. The van der Waals surface area contributed by atoms with Gasteiger partial charge in [0, 0.05) is 31.3 Å². The van der Waals surface area contributed by atoms with Gasteiger partial charge in [-0.15, -0.1) is 0 Å². The van der Waals surface area contributed by atoms with Gasteiger partial charge in [-0.3, -0.25) is 0 Å². The van der Waals surface area contributed by atoms with Gasteiger partial charge in [-0.25, -0.2) is 4.39 Å². The van der Waals surface area contributed by atoms with Gasteiger partial charge in [-0.1, -0.05) is 19.9 Å². The molecule has 1 aromatic carbocycles. The highest BCUT2D eigenvalue weighted by molar-refractivity contribution is 5.31. The van der Waals surface area contributed by atoms with Crippen molar-refractivity contribution in [2.45, 2.75) is 26.0 Å². The molecule has 5 heteroatoms. The summed E-state index contributed by atoms with van der Waals surface area (Å²) >= 11 is 0. The lowest BCUT2D eigenvalue weighted by atomic mass is 9.95. The summed E-state index contributed by atoms with van der Waals surface area (Å²) in [6.07, 6.45) is -0.609. The van der Waals surface area contributed by atoms with Crippen LogP contribution in [0.15, 0.2) is 18.2 Å². The summed E-state index contributed by atoms with van der Waals surface area (Å²) in [4.78, 5) is 0. The number of benzene rings is 1. The molecule has 0 saturated carbocycles. The van der Waals surface area contributed by atoms with Gasteiger partial charge in [-0.2, -0.15) is 0 Å². The summed E-state index contributed by atoms with van der Waals surface area (Å²) in [7, 11) is 3.04. The largest absolute Gasteiger partial charge is 0.497 e. The molecule has 0 spiro atoms. The zero-order valence-electron chi connectivity index (χ0n) is 12.5. The molecule has 0 amide bonds. The van der Waals surface area contributed by atoms with E-state index in [9.17, 15) is 9.50 Å². The fourth-order valence-electron chi connectivity index (χ4n) is 2.11. The van der Waals surface area contributed by atoms with Crippen molar-refractivity contribution in [3.05, 3.63) is 29.6 Å². The van der Waals surface area contributed by atoms with Crippen LogP contribution in [0.3, 0.4) is 0 Å². The van der Waals surface area contributed by atoms with Gasteiger partial charge < -0.3 is 19.9 Å². The second-order valence-corrected chi connectivity index (χ2v) is 5.13. The van der Waals surface area contributed by atoms with E-state index in [1.54, 1.807) is 12.1 Å². The summed E-state index contributed by atoms with van der Waals surface area (Å²) < 4.78 is 24.0. The Kier molecular flexibility index (Phi) is 6.91. The fraction of sp³-hybridized carbons (Fsp3) is 0.600. The van der Waals surface area contributed by atoms with Crippen molar-refractivity contribution in [3.63, 3.8) is 0 Å². The molecule has 0 aliphatic rings. The first-order chi connectivity index (χ1) is 9.49. The molecule has 2 unspecified atom stereocenters. The van der Waals surface area contributed by atoms with Crippen molar-refractivity contribution in [1.82, 2.24) is 5.32 Å². The van der Waals surface area contributed by atoms with Crippen molar-refractivity contribution in [1.29, 1.82) is 0 Å². The number of ether oxygens (including phenoxy) is 2. The Labute approximate surface area is 119 Å². The van der Waals surface area contributed by atoms with Crippen LogP contribution in [0.1, 0.15) is 25.5 Å². The summed E-state index contributed by atoms with van der Waals surface area (Å²) in [5.41, 5.74) is 0.574. The second-order valence-electron chi connectivity index (χ2n) is 5.13. The zero-order valence-corrected chi connectivity index (χ0v) is 12.5. The molecule has 0 aromatic heterocycles. The van der Waals surface area contributed by atoms with Gasteiger partial charge in [0.15, 0.2) is 0 Å². The molecule has 1 rings (SSSR count). The fourth-order valence-corrected chi connectivity index (χ4v) is 2.11. The molecule has 114 valence electrons. The molecule has 0 aliphatic carbocycles. The maximum atomic E-state index is 14.1. The molecular formula is C15H24FNO3. The number of nitrogens with one attached hydrogen (secondary N) is 1. The van der Waals surface area contributed by atoms with Crippen LogP contribution in [-0.4, -0.2) is 38.6 Å². The predicted molar refractivity (Wildman–Crippen MR) is 76.4 cm³/mol. The molecule has 0 fully saturated rings. The summed E-state index contributed by atoms with van der Waals surface area (Å²) in [5.74, 6) is 0.373. The molecule has 0 saturated heterocycles. The molecule has 2 N–H and O–H groups in total. The Morgan fingerprint density at radius 2 is 2.00 bits per heavy atom. The highest BCUT2D eigenvalue weighted by Crippen LogP contribution is 2.26. The van der Waals surface area contributed by atoms with Crippen LogP contribution in [0.4, 0.5) is 4.39 Å². The van der Waals surface area contributed by atoms with Crippen molar-refractivity contribution in [2.75, 3.05) is 27.4 Å². The Morgan fingerprint density at radius 1 is 1.30 bits per heavy atom. The highest BCUT2D eigenvalue weighted by Gasteiger charge is 2.20. The van der Waals surface area contributed by atoms with Gasteiger partial charge in [-0.05, 0) is 12.0 Å². The third-order valence-electron chi connectivity index (χ3n) is 3.14. The van der Waals surface area contributed by atoms with Gasteiger partial charge in [0.05, 0.1) is 19.8 Å². The first kappa shape index (κ1) is 16.9. The van der Waals surface area contributed by atoms with Gasteiger partial charge >= 0.3 is 0 Å². The first-order valence-electron chi connectivity index (χ1n) is 6.73. The van der Waals surface area contributed by atoms with Crippen molar-refractivity contribution in [2.24, 2.45) is 5.92 Å². The van der Waals surface area contributed by atoms with Crippen molar-refractivity contribution >= 4 is 0 Å². The molecule has 2 atom stereocenters. The third kappa shape index (κ3) is 4.74. The molecule has 0 radical (unpaired) electrons. The average Bonchev–Trinajstić information content (AvgIpc) is 2.40. The highest BCUT2D eigenvalue weighted by atomic mass is 19.1. The van der Waals surface area contributed by atoms with E-state index < -0.39 is 6.10 Å². The van der Waals surface area contributed by atoms with Crippen LogP contribution in [0.25, 0.3) is 0 Å². The SMILES string of the molecule is COCC(O)CNC(c1ccc(OC)cc1F)C(C)C. The summed E-state index contributed by atoms with van der Waals surface area (Å²) in [6.45, 7) is 4.61. The summed E-state index contributed by atoms with van der Waals surface area (Å²) in [6, 6.07) is 4.65. The van der Waals surface area contributed by atoms with E-state index in [0.29, 0.717) is 17.9 Å². The Bertz CT molecular complexity index is 412. The lowest BCUT2D eigenvalue weighted by molar-refractivity contribution is 0.0614.